The summed E-state index contributed by atoms with van der Waals surface area (Å²) < 4.78 is 1.22. The highest BCUT2D eigenvalue weighted by Crippen LogP contribution is 2.20. The van der Waals surface area contributed by atoms with E-state index < -0.39 is 0 Å². The molecule has 0 aromatic heterocycles. The first-order valence-electron chi connectivity index (χ1n) is 7.37. The van der Waals surface area contributed by atoms with Gasteiger partial charge >= 0.3 is 0 Å². The van der Waals surface area contributed by atoms with Gasteiger partial charge in [0, 0.05) is 29.6 Å². The number of halogens is 1. The van der Waals surface area contributed by atoms with Crippen LogP contribution in [0, 0.1) is 0 Å². The Hall–Kier alpha value is -0.380. The molecule has 1 heterocycles. The molecule has 0 aliphatic carbocycles. The fourth-order valence-electron chi connectivity index (χ4n) is 2.67. The molecule has 0 saturated carbocycles. The van der Waals surface area contributed by atoms with Gasteiger partial charge in [-0.3, -0.25) is 4.90 Å². The summed E-state index contributed by atoms with van der Waals surface area (Å²) in [5.41, 5.74) is 1.38. The van der Waals surface area contributed by atoms with Crippen LogP contribution in [0.5, 0.6) is 0 Å². The van der Waals surface area contributed by atoms with E-state index in [0.29, 0.717) is 12.1 Å². The first-order valence-corrected chi connectivity index (χ1v) is 8.17. The molecule has 0 amide bonds. The van der Waals surface area contributed by atoms with Crippen LogP contribution in [0.15, 0.2) is 28.7 Å². The molecule has 0 radical (unpaired) electrons. The van der Waals surface area contributed by atoms with Gasteiger partial charge in [-0.2, -0.15) is 0 Å². The molecular weight excluding hydrogens is 300 g/mol. The second-order valence-electron chi connectivity index (χ2n) is 5.76. The maximum atomic E-state index is 3.66. The molecule has 0 spiro atoms. The molecule has 2 nitrogen and oxygen atoms in total. The van der Waals surface area contributed by atoms with E-state index in [1.807, 2.05) is 0 Å². The van der Waals surface area contributed by atoms with Crippen LogP contribution in [-0.4, -0.2) is 30.1 Å². The predicted molar refractivity (Wildman–Crippen MR) is 85.3 cm³/mol. The van der Waals surface area contributed by atoms with Gasteiger partial charge in [0.1, 0.15) is 0 Å². The summed E-state index contributed by atoms with van der Waals surface area (Å²) in [6, 6.07) is 9.79. The first-order chi connectivity index (χ1) is 9.16. The summed E-state index contributed by atoms with van der Waals surface area (Å²) >= 11 is 3.66. The van der Waals surface area contributed by atoms with Crippen molar-refractivity contribution in [1.29, 1.82) is 0 Å². The van der Waals surface area contributed by atoms with E-state index >= 15 is 0 Å². The summed E-state index contributed by atoms with van der Waals surface area (Å²) in [5.74, 6) is 0. The Kier molecular flexibility index (Phi) is 5.86. The highest BCUT2D eigenvalue weighted by molar-refractivity contribution is 9.10. The SMILES string of the molecule is CC(C)N(Cc1ccccc1Br)CC1CCCCN1. The number of hydrogen-bond donors (Lipinski definition) is 1. The average Bonchev–Trinajstić information content (AvgIpc) is 2.41. The smallest absolute Gasteiger partial charge is 0.0248 e. The molecule has 1 saturated heterocycles. The predicted octanol–water partition coefficient (Wildman–Crippen LogP) is 3.80. The number of nitrogens with zero attached hydrogens (tertiary/aromatic N) is 1. The largest absolute Gasteiger partial charge is 0.313 e. The third-order valence-electron chi connectivity index (χ3n) is 3.93. The van der Waals surface area contributed by atoms with Gasteiger partial charge in [-0.1, -0.05) is 40.5 Å². The third-order valence-corrected chi connectivity index (χ3v) is 4.70. The minimum absolute atomic E-state index is 0.579. The molecule has 2 rings (SSSR count). The van der Waals surface area contributed by atoms with Crippen LogP contribution in [0.2, 0.25) is 0 Å². The van der Waals surface area contributed by atoms with Gasteiger partial charge in [0.25, 0.3) is 0 Å². The van der Waals surface area contributed by atoms with E-state index in [1.165, 1.54) is 35.8 Å². The summed E-state index contributed by atoms with van der Waals surface area (Å²) in [7, 11) is 0. The maximum absolute atomic E-state index is 3.66. The number of nitrogens with one attached hydrogen (secondary N) is 1. The number of piperidine rings is 1. The fraction of sp³-hybridized carbons (Fsp3) is 0.625. The van der Waals surface area contributed by atoms with Crippen molar-refractivity contribution in [1.82, 2.24) is 10.2 Å². The second-order valence-corrected chi connectivity index (χ2v) is 6.62. The van der Waals surface area contributed by atoms with Crippen molar-refractivity contribution in [2.75, 3.05) is 13.1 Å². The van der Waals surface area contributed by atoms with Crippen LogP contribution in [0.4, 0.5) is 0 Å². The van der Waals surface area contributed by atoms with Crippen molar-refractivity contribution >= 4 is 15.9 Å². The van der Waals surface area contributed by atoms with Gasteiger partial charge in [-0.15, -0.1) is 0 Å². The first kappa shape index (κ1) is 15.0. The molecule has 1 atom stereocenters. The minimum Gasteiger partial charge on any atom is -0.313 e. The molecule has 1 unspecified atom stereocenters. The van der Waals surface area contributed by atoms with Crippen molar-refractivity contribution in [3.63, 3.8) is 0 Å². The van der Waals surface area contributed by atoms with Crippen molar-refractivity contribution in [3.05, 3.63) is 34.3 Å². The van der Waals surface area contributed by atoms with Gasteiger partial charge in [0.15, 0.2) is 0 Å². The van der Waals surface area contributed by atoms with Gasteiger partial charge in [0.05, 0.1) is 0 Å². The number of hydrogen-bond acceptors (Lipinski definition) is 2. The highest BCUT2D eigenvalue weighted by atomic mass is 79.9. The summed E-state index contributed by atoms with van der Waals surface area (Å²) in [5, 5.41) is 3.65. The van der Waals surface area contributed by atoms with Gasteiger partial charge in [-0.05, 0) is 44.9 Å². The Morgan fingerprint density at radius 1 is 1.32 bits per heavy atom. The van der Waals surface area contributed by atoms with Gasteiger partial charge in [-0.25, -0.2) is 0 Å². The lowest BCUT2D eigenvalue weighted by molar-refractivity contribution is 0.177. The standard InChI is InChI=1S/C16H25BrN2/c1-13(2)19(12-15-8-5-6-10-18-15)11-14-7-3-4-9-16(14)17/h3-4,7,9,13,15,18H,5-6,8,10-12H2,1-2H3. The zero-order valence-corrected chi connectivity index (χ0v) is 13.6. The lowest BCUT2D eigenvalue weighted by Gasteiger charge is -2.33. The van der Waals surface area contributed by atoms with Crippen LogP contribution in [0.1, 0.15) is 38.7 Å². The Labute approximate surface area is 125 Å². The lowest BCUT2D eigenvalue weighted by Crippen LogP contribution is -2.45. The van der Waals surface area contributed by atoms with Crippen molar-refractivity contribution in [2.24, 2.45) is 0 Å². The Morgan fingerprint density at radius 3 is 2.74 bits per heavy atom. The van der Waals surface area contributed by atoms with E-state index in [1.54, 1.807) is 0 Å². The molecule has 1 N–H and O–H groups in total. The van der Waals surface area contributed by atoms with Crippen LogP contribution in [-0.2, 0) is 6.54 Å². The van der Waals surface area contributed by atoms with Crippen molar-refractivity contribution in [2.45, 2.75) is 51.7 Å². The van der Waals surface area contributed by atoms with Gasteiger partial charge < -0.3 is 5.32 Å². The summed E-state index contributed by atoms with van der Waals surface area (Å²) in [6.07, 6.45) is 4.03. The van der Waals surface area contributed by atoms with E-state index in [0.717, 1.165) is 13.1 Å². The van der Waals surface area contributed by atoms with Crippen LogP contribution in [0.25, 0.3) is 0 Å². The molecule has 19 heavy (non-hydrogen) atoms. The third kappa shape index (κ3) is 4.59. The molecule has 3 heteroatoms. The Balaban J connectivity index is 1.97. The molecule has 1 aliphatic heterocycles. The van der Waals surface area contributed by atoms with E-state index in [2.05, 4.69) is 64.3 Å². The Bertz CT molecular complexity index is 386. The van der Waals surface area contributed by atoms with E-state index in [4.69, 9.17) is 0 Å². The highest BCUT2D eigenvalue weighted by Gasteiger charge is 2.19. The fourth-order valence-corrected chi connectivity index (χ4v) is 3.08. The van der Waals surface area contributed by atoms with E-state index in [9.17, 15) is 0 Å². The van der Waals surface area contributed by atoms with Crippen LogP contribution >= 0.6 is 15.9 Å². The molecule has 1 aromatic rings. The zero-order valence-electron chi connectivity index (χ0n) is 12.0. The lowest BCUT2D eigenvalue weighted by atomic mass is 10.0. The number of benzene rings is 1. The molecule has 106 valence electrons. The monoisotopic (exact) mass is 324 g/mol. The van der Waals surface area contributed by atoms with Crippen molar-refractivity contribution < 1.29 is 0 Å². The zero-order chi connectivity index (χ0) is 13.7. The summed E-state index contributed by atoms with van der Waals surface area (Å²) in [4.78, 5) is 2.57. The second kappa shape index (κ2) is 7.41. The summed E-state index contributed by atoms with van der Waals surface area (Å²) in [6.45, 7) is 7.95. The van der Waals surface area contributed by atoms with Crippen LogP contribution < -0.4 is 5.32 Å². The molecule has 0 bridgehead atoms. The van der Waals surface area contributed by atoms with Crippen molar-refractivity contribution in [3.8, 4) is 0 Å². The molecule has 1 fully saturated rings. The molecule has 1 aromatic carbocycles. The molecule has 1 aliphatic rings. The topological polar surface area (TPSA) is 15.3 Å². The minimum atomic E-state index is 0.579. The Morgan fingerprint density at radius 2 is 2.11 bits per heavy atom. The van der Waals surface area contributed by atoms with E-state index in [-0.39, 0.29) is 0 Å². The quantitative estimate of drug-likeness (QED) is 0.886. The number of rotatable bonds is 5. The average molecular weight is 325 g/mol. The van der Waals surface area contributed by atoms with Gasteiger partial charge in [0.2, 0.25) is 0 Å². The maximum Gasteiger partial charge on any atom is 0.0248 e. The van der Waals surface area contributed by atoms with Crippen LogP contribution in [0.3, 0.4) is 0 Å². The normalized spacial score (nSPS) is 20.2. The molecular formula is C16H25BrN2.